The lowest BCUT2D eigenvalue weighted by Gasteiger charge is -2.35. The predicted molar refractivity (Wildman–Crippen MR) is 137 cm³/mol. The van der Waals surface area contributed by atoms with E-state index in [0.29, 0.717) is 35.4 Å². The number of hydrogen-bond donors (Lipinski definition) is 2. The van der Waals surface area contributed by atoms with Crippen molar-refractivity contribution in [2.45, 2.75) is 44.6 Å². The molecule has 0 saturated heterocycles. The van der Waals surface area contributed by atoms with Gasteiger partial charge in [-0.1, -0.05) is 48.0 Å². The summed E-state index contributed by atoms with van der Waals surface area (Å²) in [5.74, 6) is -1.42. The van der Waals surface area contributed by atoms with Crippen molar-refractivity contribution in [1.29, 1.82) is 0 Å². The monoisotopic (exact) mass is 481 g/mol. The van der Waals surface area contributed by atoms with Gasteiger partial charge in [-0.3, -0.25) is 24.3 Å². The Morgan fingerprint density at radius 1 is 1.00 bits per heavy atom. The molecule has 0 radical (unpaired) electrons. The number of hydrogen-bond acceptors (Lipinski definition) is 5. The lowest BCUT2D eigenvalue weighted by atomic mass is 9.78. The molecule has 5 rings (SSSR count). The van der Waals surface area contributed by atoms with Crippen LogP contribution in [0.15, 0.2) is 84.3 Å². The summed E-state index contributed by atoms with van der Waals surface area (Å²) in [6, 6.07) is 18.6. The number of nitrogens with one attached hydrogen (secondary N) is 1. The van der Waals surface area contributed by atoms with Crippen molar-refractivity contribution in [3.63, 3.8) is 0 Å². The number of amides is 1. The molecular formula is C29H27N3O4. The van der Waals surface area contributed by atoms with Gasteiger partial charge in [-0.2, -0.15) is 0 Å². The maximum atomic E-state index is 13.9. The van der Waals surface area contributed by atoms with Gasteiger partial charge in [0.1, 0.15) is 0 Å². The number of nitrogens with zero attached hydrogens (tertiary/aromatic N) is 2. The Bertz CT molecular complexity index is 1350. The van der Waals surface area contributed by atoms with E-state index in [0.717, 1.165) is 16.8 Å². The second-order valence-electron chi connectivity index (χ2n) is 9.32. The molecule has 1 aromatic heterocycles. The molecule has 0 bridgehead atoms. The van der Waals surface area contributed by atoms with Gasteiger partial charge in [-0.05, 0) is 48.6 Å². The topological polar surface area (TPSA) is 99.6 Å². The van der Waals surface area contributed by atoms with E-state index in [1.54, 1.807) is 23.4 Å². The SMILES string of the molecule is Cc1ccc([C@@H]2CC(=O)C3=C(C2)Nc2ccccc2N(C(=O)CCC(=O)O)[C@@H]3c2cccnc2)cc1. The lowest BCUT2D eigenvalue weighted by Crippen LogP contribution is -2.38. The number of para-hydroxylation sites is 2. The van der Waals surface area contributed by atoms with E-state index >= 15 is 0 Å². The summed E-state index contributed by atoms with van der Waals surface area (Å²) in [5.41, 5.74) is 5.60. The minimum Gasteiger partial charge on any atom is -0.481 e. The zero-order valence-corrected chi connectivity index (χ0v) is 20.0. The molecule has 1 amide bonds. The molecule has 182 valence electrons. The number of allylic oxidation sites excluding steroid dienone is 1. The smallest absolute Gasteiger partial charge is 0.303 e. The molecule has 0 unspecified atom stereocenters. The number of benzene rings is 2. The first kappa shape index (κ1) is 23.5. The molecule has 0 spiro atoms. The van der Waals surface area contributed by atoms with E-state index in [9.17, 15) is 19.5 Å². The summed E-state index contributed by atoms with van der Waals surface area (Å²) < 4.78 is 0. The summed E-state index contributed by atoms with van der Waals surface area (Å²) in [6.45, 7) is 2.04. The number of rotatable bonds is 5. The number of carboxylic acid groups (broad SMARTS) is 1. The van der Waals surface area contributed by atoms with Gasteiger partial charge < -0.3 is 10.4 Å². The summed E-state index contributed by atoms with van der Waals surface area (Å²) in [7, 11) is 0. The van der Waals surface area contributed by atoms with Crippen molar-refractivity contribution < 1.29 is 19.5 Å². The summed E-state index contributed by atoms with van der Waals surface area (Å²) in [4.78, 5) is 44.5. The summed E-state index contributed by atoms with van der Waals surface area (Å²) >= 11 is 0. The first-order chi connectivity index (χ1) is 17.4. The van der Waals surface area contributed by atoms with Crippen LogP contribution >= 0.6 is 0 Å². The fourth-order valence-electron chi connectivity index (χ4n) is 5.13. The quantitative estimate of drug-likeness (QED) is 0.523. The van der Waals surface area contributed by atoms with Gasteiger partial charge in [0.15, 0.2) is 5.78 Å². The van der Waals surface area contributed by atoms with E-state index in [2.05, 4.69) is 34.6 Å². The molecule has 1 aliphatic carbocycles. The van der Waals surface area contributed by atoms with Crippen LogP contribution in [0.5, 0.6) is 0 Å². The predicted octanol–water partition coefficient (Wildman–Crippen LogP) is 5.16. The molecule has 2 aliphatic rings. The van der Waals surface area contributed by atoms with Crippen molar-refractivity contribution in [2.24, 2.45) is 0 Å². The average Bonchev–Trinajstić information content (AvgIpc) is 3.03. The molecule has 0 saturated carbocycles. The Morgan fingerprint density at radius 2 is 1.78 bits per heavy atom. The number of carbonyl (C=O) groups is 3. The summed E-state index contributed by atoms with van der Waals surface area (Å²) in [6.07, 6.45) is 3.79. The van der Waals surface area contributed by atoms with Crippen molar-refractivity contribution >= 4 is 29.0 Å². The third-order valence-corrected chi connectivity index (χ3v) is 6.86. The Labute approximate surface area is 209 Å². The zero-order chi connectivity index (χ0) is 25.2. The van der Waals surface area contributed by atoms with Gasteiger partial charge in [0, 0.05) is 36.5 Å². The second kappa shape index (κ2) is 9.77. The minimum atomic E-state index is -1.04. The number of aliphatic carboxylic acids is 1. The number of carbonyl (C=O) groups excluding carboxylic acids is 2. The maximum absolute atomic E-state index is 13.9. The molecular weight excluding hydrogens is 454 g/mol. The van der Waals surface area contributed by atoms with Crippen LogP contribution in [0, 0.1) is 6.92 Å². The van der Waals surface area contributed by atoms with E-state index in [4.69, 9.17) is 0 Å². The van der Waals surface area contributed by atoms with Gasteiger partial charge in [0.05, 0.1) is 23.8 Å². The first-order valence-corrected chi connectivity index (χ1v) is 12.0. The molecule has 2 N–H and O–H groups in total. The van der Waals surface area contributed by atoms with Gasteiger partial charge in [-0.15, -0.1) is 0 Å². The molecule has 2 atom stereocenters. The number of Topliss-reactive ketones (excluding diaryl/α,β-unsaturated/α-hetero) is 1. The van der Waals surface area contributed by atoms with Crippen LogP contribution in [0.3, 0.4) is 0 Å². The highest BCUT2D eigenvalue weighted by molar-refractivity contribution is 6.06. The van der Waals surface area contributed by atoms with Gasteiger partial charge in [0.25, 0.3) is 0 Å². The molecule has 1 aliphatic heterocycles. The largest absolute Gasteiger partial charge is 0.481 e. The number of anilines is 2. The Hall–Kier alpha value is -4.26. The van der Waals surface area contributed by atoms with Crippen LogP contribution in [-0.4, -0.2) is 27.8 Å². The van der Waals surface area contributed by atoms with Crippen LogP contribution in [0.1, 0.15) is 54.3 Å². The van der Waals surface area contributed by atoms with Crippen LogP contribution in [-0.2, 0) is 14.4 Å². The molecule has 7 heteroatoms. The lowest BCUT2D eigenvalue weighted by molar-refractivity contribution is -0.138. The standard InChI is InChI=1S/C29H27N3O4/c1-18-8-10-19(11-9-18)21-15-23-28(25(33)16-21)29(20-5-4-14-30-17-20)32(26(34)12-13-27(35)36)24-7-3-2-6-22(24)31-23/h2-11,14,17,21,29,31H,12-13,15-16H2,1H3,(H,35,36)/t21-,29+/m0/s1. The fourth-order valence-corrected chi connectivity index (χ4v) is 5.13. The number of aromatic nitrogens is 1. The Balaban J connectivity index is 1.66. The van der Waals surface area contributed by atoms with Crippen molar-refractivity contribution in [1.82, 2.24) is 4.98 Å². The number of ketones is 1. The van der Waals surface area contributed by atoms with Crippen LogP contribution in [0.4, 0.5) is 11.4 Å². The van der Waals surface area contributed by atoms with E-state index < -0.39 is 12.0 Å². The zero-order valence-electron chi connectivity index (χ0n) is 20.0. The normalized spacial score (nSPS) is 19.1. The first-order valence-electron chi connectivity index (χ1n) is 12.0. The third-order valence-electron chi connectivity index (χ3n) is 6.86. The highest BCUT2D eigenvalue weighted by atomic mass is 16.4. The van der Waals surface area contributed by atoms with E-state index in [-0.39, 0.29) is 30.4 Å². The number of aryl methyl sites for hydroxylation is 1. The molecule has 2 aromatic carbocycles. The fraction of sp³-hybridized carbons (Fsp3) is 0.241. The highest BCUT2D eigenvalue weighted by Gasteiger charge is 2.41. The average molecular weight is 482 g/mol. The number of carboxylic acids is 1. The van der Waals surface area contributed by atoms with Gasteiger partial charge >= 0.3 is 5.97 Å². The number of pyridine rings is 1. The molecule has 7 nitrogen and oxygen atoms in total. The maximum Gasteiger partial charge on any atom is 0.303 e. The second-order valence-corrected chi connectivity index (χ2v) is 9.32. The number of fused-ring (bicyclic) bond motifs is 1. The Morgan fingerprint density at radius 3 is 2.50 bits per heavy atom. The molecule has 36 heavy (non-hydrogen) atoms. The Kier molecular flexibility index (Phi) is 6.38. The van der Waals surface area contributed by atoms with Crippen molar-refractivity contribution in [3.05, 3.63) is 101 Å². The highest BCUT2D eigenvalue weighted by Crippen LogP contribution is 2.47. The molecule has 0 fully saturated rings. The minimum absolute atomic E-state index is 0.0142. The van der Waals surface area contributed by atoms with Crippen LogP contribution in [0.2, 0.25) is 0 Å². The molecule has 2 heterocycles. The third kappa shape index (κ3) is 4.52. The van der Waals surface area contributed by atoms with Gasteiger partial charge in [0.2, 0.25) is 5.91 Å². The van der Waals surface area contributed by atoms with Gasteiger partial charge in [-0.25, -0.2) is 0 Å². The van der Waals surface area contributed by atoms with E-state index in [1.807, 2.05) is 37.3 Å². The van der Waals surface area contributed by atoms with Crippen LogP contribution in [0.25, 0.3) is 0 Å². The van der Waals surface area contributed by atoms with Crippen molar-refractivity contribution in [3.8, 4) is 0 Å². The molecule has 3 aromatic rings. The van der Waals surface area contributed by atoms with Crippen molar-refractivity contribution in [2.75, 3.05) is 10.2 Å². The van der Waals surface area contributed by atoms with Crippen LogP contribution < -0.4 is 10.2 Å². The van der Waals surface area contributed by atoms with E-state index in [1.165, 1.54) is 0 Å². The summed E-state index contributed by atoms with van der Waals surface area (Å²) in [5, 5.41) is 12.7.